The van der Waals surface area contributed by atoms with Crippen molar-refractivity contribution in [2.24, 2.45) is 16.8 Å². The lowest BCUT2D eigenvalue weighted by Crippen LogP contribution is -2.41. The van der Waals surface area contributed by atoms with Gasteiger partial charge in [-0.2, -0.15) is 0 Å². The predicted octanol–water partition coefficient (Wildman–Crippen LogP) is 6.47. The Kier molecular flexibility index (Phi) is 7.57. The third kappa shape index (κ3) is 5.01. The maximum atomic E-state index is 13.8. The van der Waals surface area contributed by atoms with E-state index >= 15 is 0 Å². The molecule has 0 N–H and O–H groups in total. The Labute approximate surface area is 231 Å². The van der Waals surface area contributed by atoms with Gasteiger partial charge in [0.25, 0.3) is 5.91 Å². The van der Waals surface area contributed by atoms with Crippen LogP contribution in [0.4, 0.5) is 0 Å². The number of benzene rings is 2. The summed E-state index contributed by atoms with van der Waals surface area (Å²) in [5, 5.41) is 2.18. The molecule has 9 heteroatoms. The molecule has 0 spiro atoms. The molecule has 2 atom stereocenters. The van der Waals surface area contributed by atoms with Crippen LogP contribution in [0, 0.1) is 11.8 Å². The number of carbonyl (C=O) groups excluding carboxylic acids is 2. The van der Waals surface area contributed by atoms with Crippen LogP contribution in [0.25, 0.3) is 0 Å². The second-order valence-corrected chi connectivity index (χ2v) is 11.7. The maximum absolute atomic E-state index is 13.8. The van der Waals surface area contributed by atoms with Crippen molar-refractivity contribution in [1.29, 1.82) is 0 Å². The molecule has 6 nitrogen and oxygen atoms in total. The highest BCUT2D eigenvalue weighted by molar-refractivity contribution is 8.18. The smallest absolute Gasteiger partial charge is 0.308 e. The van der Waals surface area contributed by atoms with Crippen molar-refractivity contribution >= 4 is 52.0 Å². The van der Waals surface area contributed by atoms with Crippen LogP contribution < -0.4 is 0 Å². The van der Waals surface area contributed by atoms with Gasteiger partial charge in [0.1, 0.15) is 10.9 Å². The lowest BCUT2D eigenvalue weighted by atomic mass is 9.92. The highest BCUT2D eigenvalue weighted by atomic mass is 35.5. The van der Waals surface area contributed by atoms with Gasteiger partial charge in [0.15, 0.2) is 5.17 Å². The van der Waals surface area contributed by atoms with Crippen LogP contribution >= 0.6 is 35.0 Å². The number of nitrogens with zero attached hydrogens (tertiary/aromatic N) is 3. The molecule has 0 aromatic heterocycles. The molecule has 3 heterocycles. The molecular formula is C28H29Cl2N3O3S. The molecule has 0 saturated carbocycles. The summed E-state index contributed by atoms with van der Waals surface area (Å²) in [6.07, 6.45) is 1.23. The maximum Gasteiger partial charge on any atom is 0.308 e. The number of esters is 1. The van der Waals surface area contributed by atoms with E-state index in [-0.39, 0.29) is 35.8 Å². The first-order valence-corrected chi connectivity index (χ1v) is 14.0. The number of hydrogen-bond donors (Lipinski definition) is 0. The van der Waals surface area contributed by atoms with Crippen molar-refractivity contribution in [2.75, 3.05) is 20.2 Å². The van der Waals surface area contributed by atoms with Crippen LogP contribution in [-0.4, -0.2) is 47.0 Å². The van der Waals surface area contributed by atoms with Crippen LogP contribution in [0.2, 0.25) is 10.0 Å². The largest absolute Gasteiger partial charge is 0.469 e. The van der Waals surface area contributed by atoms with E-state index in [1.54, 1.807) is 0 Å². The SMILES string of the molecule is COC(=O)C1CCN(C(=O)C2=C(C(C)C)N3C(=N[C@@H](c4ccc(Cl)cc4)[C@H]3c3ccc(Cl)cc3)S2)CC1. The number of likely N-dealkylation sites (tertiary alicyclic amines) is 1. The Hall–Kier alpha value is -2.48. The van der Waals surface area contributed by atoms with Gasteiger partial charge in [-0.05, 0) is 65.9 Å². The fourth-order valence-electron chi connectivity index (χ4n) is 5.32. The number of rotatable bonds is 5. The van der Waals surface area contributed by atoms with Gasteiger partial charge in [0, 0.05) is 28.8 Å². The Morgan fingerprint density at radius 3 is 2.08 bits per heavy atom. The van der Waals surface area contributed by atoms with E-state index in [1.807, 2.05) is 53.4 Å². The van der Waals surface area contributed by atoms with Crippen LogP contribution in [0.5, 0.6) is 0 Å². The summed E-state index contributed by atoms with van der Waals surface area (Å²) in [5.41, 5.74) is 3.13. The van der Waals surface area contributed by atoms with Crippen LogP contribution in [-0.2, 0) is 14.3 Å². The van der Waals surface area contributed by atoms with Crippen molar-refractivity contribution in [1.82, 2.24) is 9.80 Å². The fourth-order valence-corrected chi connectivity index (χ4v) is 6.89. The number of piperidine rings is 1. The number of allylic oxidation sites excluding steroid dienone is 1. The van der Waals surface area contributed by atoms with Gasteiger partial charge in [-0.1, -0.05) is 61.3 Å². The molecule has 2 aromatic rings. The molecule has 1 fully saturated rings. The van der Waals surface area contributed by atoms with Gasteiger partial charge in [-0.15, -0.1) is 0 Å². The number of methoxy groups -OCH3 is 1. The molecule has 0 radical (unpaired) electrons. The van der Waals surface area contributed by atoms with E-state index in [1.165, 1.54) is 18.9 Å². The Balaban J connectivity index is 1.49. The van der Waals surface area contributed by atoms with E-state index in [0.717, 1.165) is 26.9 Å². The summed E-state index contributed by atoms with van der Waals surface area (Å²) >= 11 is 13.8. The first kappa shape index (κ1) is 26.1. The number of aliphatic imine (C=N–C) groups is 1. The number of ether oxygens (including phenoxy) is 1. The first-order valence-electron chi connectivity index (χ1n) is 12.5. The van der Waals surface area contributed by atoms with Gasteiger partial charge < -0.3 is 14.5 Å². The predicted molar refractivity (Wildman–Crippen MR) is 148 cm³/mol. The summed E-state index contributed by atoms with van der Waals surface area (Å²) in [6.45, 7) is 5.30. The van der Waals surface area contributed by atoms with E-state index in [2.05, 4.69) is 18.7 Å². The van der Waals surface area contributed by atoms with Gasteiger partial charge in [0.2, 0.25) is 0 Å². The average Bonchev–Trinajstić information content (AvgIpc) is 3.45. The lowest BCUT2D eigenvalue weighted by Gasteiger charge is -2.33. The van der Waals surface area contributed by atoms with Crippen molar-refractivity contribution in [2.45, 2.75) is 38.8 Å². The zero-order valence-electron chi connectivity index (χ0n) is 21.0. The molecule has 5 rings (SSSR count). The molecule has 0 bridgehead atoms. The molecule has 37 heavy (non-hydrogen) atoms. The third-order valence-electron chi connectivity index (χ3n) is 7.20. The van der Waals surface area contributed by atoms with E-state index < -0.39 is 0 Å². The normalized spacial score (nSPS) is 21.9. The Morgan fingerprint density at radius 1 is 0.973 bits per heavy atom. The monoisotopic (exact) mass is 557 g/mol. The highest BCUT2D eigenvalue weighted by Crippen LogP contribution is 2.53. The summed E-state index contributed by atoms with van der Waals surface area (Å²) in [7, 11) is 1.41. The Morgan fingerprint density at radius 2 is 1.54 bits per heavy atom. The van der Waals surface area contributed by atoms with Gasteiger partial charge >= 0.3 is 5.97 Å². The second kappa shape index (κ2) is 10.7. The van der Waals surface area contributed by atoms with Crippen LogP contribution in [0.15, 0.2) is 64.1 Å². The molecule has 194 valence electrons. The topological polar surface area (TPSA) is 62.2 Å². The number of halogens is 2. The fraction of sp³-hybridized carbons (Fsp3) is 0.393. The molecule has 1 amide bonds. The number of thioether (sulfide) groups is 1. The van der Waals surface area contributed by atoms with Crippen molar-refractivity contribution in [3.63, 3.8) is 0 Å². The molecule has 0 aliphatic carbocycles. The van der Waals surface area contributed by atoms with E-state index in [4.69, 9.17) is 32.9 Å². The molecule has 3 aliphatic heterocycles. The second-order valence-electron chi connectivity index (χ2n) is 9.84. The highest BCUT2D eigenvalue weighted by Gasteiger charge is 2.47. The first-order chi connectivity index (χ1) is 17.8. The van der Waals surface area contributed by atoms with Gasteiger partial charge in [-0.3, -0.25) is 14.6 Å². The van der Waals surface area contributed by atoms with Crippen LogP contribution in [0.1, 0.15) is 49.9 Å². The third-order valence-corrected chi connectivity index (χ3v) is 8.78. The van der Waals surface area contributed by atoms with Gasteiger partial charge in [-0.25, -0.2) is 0 Å². The number of amidine groups is 1. The van der Waals surface area contributed by atoms with Crippen molar-refractivity contribution in [3.8, 4) is 0 Å². The summed E-state index contributed by atoms with van der Waals surface area (Å²) in [6, 6.07) is 15.4. The summed E-state index contributed by atoms with van der Waals surface area (Å²) < 4.78 is 4.90. The van der Waals surface area contributed by atoms with Crippen molar-refractivity contribution < 1.29 is 14.3 Å². The van der Waals surface area contributed by atoms with E-state index in [9.17, 15) is 9.59 Å². The number of carbonyl (C=O) groups is 2. The molecule has 1 saturated heterocycles. The minimum absolute atomic E-state index is 0.00650. The number of hydrogen-bond acceptors (Lipinski definition) is 6. The zero-order valence-corrected chi connectivity index (χ0v) is 23.3. The number of amides is 1. The summed E-state index contributed by atoms with van der Waals surface area (Å²) in [4.78, 5) is 35.7. The molecule has 0 unspecified atom stereocenters. The Bertz CT molecular complexity index is 1250. The average molecular weight is 559 g/mol. The standard InChI is InChI=1S/C28H29Cl2N3O3S/c1-16(2)23-25(26(34)32-14-12-19(13-15-32)27(35)36-3)37-28-31-22(17-4-8-20(29)9-5-17)24(33(23)28)18-6-10-21(30)11-7-18/h4-11,16,19,22,24H,12-15H2,1-3H3/t22-,24+/m0/s1. The molecule has 2 aromatic carbocycles. The van der Waals surface area contributed by atoms with Gasteiger partial charge in [0.05, 0.1) is 19.1 Å². The van der Waals surface area contributed by atoms with E-state index in [0.29, 0.717) is 36.0 Å². The quantitative estimate of drug-likeness (QED) is 0.394. The van der Waals surface area contributed by atoms with Crippen LogP contribution in [0.3, 0.4) is 0 Å². The van der Waals surface area contributed by atoms with Crippen molar-refractivity contribution in [3.05, 3.63) is 80.3 Å². The molecular weight excluding hydrogens is 529 g/mol. The zero-order chi connectivity index (χ0) is 26.3. The summed E-state index contributed by atoms with van der Waals surface area (Å²) in [5.74, 6) is -0.234. The minimum atomic E-state index is -0.196. The lowest BCUT2D eigenvalue weighted by molar-refractivity contribution is -0.148. The number of fused-ring (bicyclic) bond motifs is 1. The minimum Gasteiger partial charge on any atom is -0.469 e. The molecule has 3 aliphatic rings.